The zero-order valence-corrected chi connectivity index (χ0v) is 23.6. The second-order valence-electron chi connectivity index (χ2n) is 11.7. The second kappa shape index (κ2) is 11.4. The Bertz CT molecular complexity index is 1440. The highest BCUT2D eigenvalue weighted by Gasteiger charge is 2.54. The molecule has 44 heavy (non-hydrogen) atoms. The van der Waals surface area contributed by atoms with Crippen LogP contribution in [0.1, 0.15) is 66.5 Å². The van der Waals surface area contributed by atoms with Crippen LogP contribution >= 0.6 is 0 Å². The second-order valence-corrected chi connectivity index (χ2v) is 11.7. The first-order valence-electron chi connectivity index (χ1n) is 14.4. The van der Waals surface area contributed by atoms with E-state index < -0.39 is 47.4 Å². The molecule has 6 rings (SSSR count). The maximum atomic E-state index is 13.8. The van der Waals surface area contributed by atoms with Crippen LogP contribution in [0.25, 0.3) is 0 Å². The Morgan fingerprint density at radius 2 is 1.50 bits per heavy atom. The fourth-order valence-corrected chi connectivity index (χ4v) is 6.93. The lowest BCUT2D eigenvalue weighted by molar-refractivity contribution is -0.143. The summed E-state index contributed by atoms with van der Waals surface area (Å²) >= 11 is 0. The molecular formula is C30H30F7N5O2. The van der Waals surface area contributed by atoms with Gasteiger partial charge in [0.05, 0.1) is 29.4 Å². The number of hydrogen-bond donors (Lipinski definition) is 0. The zero-order valence-electron chi connectivity index (χ0n) is 23.6. The molecule has 5 atom stereocenters. The van der Waals surface area contributed by atoms with Crippen molar-refractivity contribution in [3.8, 4) is 0 Å². The predicted molar refractivity (Wildman–Crippen MR) is 143 cm³/mol. The highest BCUT2D eigenvalue weighted by Crippen LogP contribution is 2.45. The molecular weight excluding hydrogens is 595 g/mol. The van der Waals surface area contributed by atoms with Gasteiger partial charge < -0.3 is 14.2 Å². The SMILES string of the molecule is C[C@@H](O[C@H]1CN2C(=O)C(N3CCC(n4cnnc4)CC3)C[C@H]2C1c1ccc(F)cc1)c1cc(C(F)(F)F)cc(C(F)(F)F)c1. The summed E-state index contributed by atoms with van der Waals surface area (Å²) in [4.78, 5) is 17.6. The van der Waals surface area contributed by atoms with E-state index in [9.17, 15) is 35.5 Å². The minimum absolute atomic E-state index is 0.0805. The molecule has 3 aromatic rings. The molecule has 2 aromatic carbocycles. The summed E-state index contributed by atoms with van der Waals surface area (Å²) in [6, 6.07) is 6.66. The molecule has 0 saturated carbocycles. The molecule has 1 amide bonds. The Kier molecular flexibility index (Phi) is 7.93. The fraction of sp³-hybridized carbons (Fsp3) is 0.500. The van der Waals surface area contributed by atoms with Crippen LogP contribution in [0.2, 0.25) is 0 Å². The van der Waals surface area contributed by atoms with Gasteiger partial charge in [0.1, 0.15) is 18.5 Å². The van der Waals surface area contributed by atoms with Crippen LogP contribution < -0.4 is 0 Å². The van der Waals surface area contributed by atoms with Crippen molar-refractivity contribution in [2.24, 2.45) is 0 Å². The average molecular weight is 626 g/mol. The molecule has 0 spiro atoms. The Morgan fingerprint density at radius 3 is 2.07 bits per heavy atom. The Hall–Kier alpha value is -3.52. The number of nitrogens with zero attached hydrogens (tertiary/aromatic N) is 5. The number of aromatic nitrogens is 3. The molecule has 7 nitrogen and oxygen atoms in total. The van der Waals surface area contributed by atoms with E-state index >= 15 is 0 Å². The molecule has 3 aliphatic heterocycles. The normalized spacial score (nSPS) is 25.9. The van der Waals surface area contributed by atoms with Gasteiger partial charge in [0.25, 0.3) is 0 Å². The first-order chi connectivity index (χ1) is 20.8. The molecule has 2 unspecified atom stereocenters. The van der Waals surface area contributed by atoms with E-state index in [2.05, 4.69) is 15.1 Å². The van der Waals surface area contributed by atoms with Crippen molar-refractivity contribution >= 4 is 5.91 Å². The number of amides is 1. The summed E-state index contributed by atoms with van der Waals surface area (Å²) in [6.07, 6.45) is -6.44. The van der Waals surface area contributed by atoms with Crippen LogP contribution in [-0.4, -0.2) is 68.3 Å². The number of likely N-dealkylation sites (tertiary alicyclic amines) is 1. The molecule has 14 heteroatoms. The lowest BCUT2D eigenvalue weighted by atomic mass is 9.87. The quantitative estimate of drug-likeness (QED) is 0.315. The first kappa shape index (κ1) is 30.5. The van der Waals surface area contributed by atoms with Crippen molar-refractivity contribution in [2.75, 3.05) is 19.6 Å². The smallest absolute Gasteiger partial charge is 0.368 e. The Labute approximate surface area is 248 Å². The van der Waals surface area contributed by atoms with Crippen LogP contribution in [0.4, 0.5) is 30.7 Å². The molecule has 3 fully saturated rings. The number of ether oxygens (including phenoxy) is 1. The Balaban J connectivity index is 1.23. The van der Waals surface area contributed by atoms with Gasteiger partial charge in [0, 0.05) is 37.6 Å². The lowest BCUT2D eigenvalue weighted by Gasteiger charge is -2.36. The monoisotopic (exact) mass is 625 g/mol. The summed E-state index contributed by atoms with van der Waals surface area (Å²) in [5.41, 5.74) is -2.45. The Morgan fingerprint density at radius 1 is 0.909 bits per heavy atom. The van der Waals surface area contributed by atoms with Gasteiger partial charge in [-0.1, -0.05) is 12.1 Å². The number of piperidine rings is 1. The van der Waals surface area contributed by atoms with E-state index in [1.807, 2.05) is 4.57 Å². The molecule has 3 aliphatic rings. The standard InChI is InChI=1S/C30H30F7N5O2/c1-17(19-10-20(29(32,33)34)12-21(11-19)30(35,36)37)44-26-14-42-24(27(26)18-2-4-22(31)5-3-18)13-25(28(42)43)40-8-6-23(7-9-40)41-15-38-39-16-41/h2-5,10-12,15-17,23-27H,6-9,13-14H2,1H3/t17-,24+,25?,26+,27?/m1/s1. The third-order valence-electron chi connectivity index (χ3n) is 9.14. The van der Waals surface area contributed by atoms with Gasteiger partial charge in [0.15, 0.2) is 0 Å². The first-order valence-corrected chi connectivity index (χ1v) is 14.4. The summed E-state index contributed by atoms with van der Waals surface area (Å²) in [5.74, 6) is -1.02. The van der Waals surface area contributed by atoms with Gasteiger partial charge in [0.2, 0.25) is 5.91 Å². The molecule has 0 bridgehead atoms. The number of carbonyl (C=O) groups is 1. The maximum absolute atomic E-state index is 13.8. The molecule has 3 saturated heterocycles. The third-order valence-corrected chi connectivity index (χ3v) is 9.14. The predicted octanol–water partition coefficient (Wildman–Crippen LogP) is 6.01. The fourth-order valence-electron chi connectivity index (χ4n) is 6.93. The van der Waals surface area contributed by atoms with Crippen molar-refractivity contribution < 1.29 is 40.3 Å². The van der Waals surface area contributed by atoms with Crippen molar-refractivity contribution in [1.82, 2.24) is 24.6 Å². The summed E-state index contributed by atoms with van der Waals surface area (Å²) < 4.78 is 103. The van der Waals surface area contributed by atoms with Crippen LogP contribution in [0.3, 0.4) is 0 Å². The van der Waals surface area contributed by atoms with Crippen molar-refractivity contribution in [3.05, 3.63) is 83.2 Å². The van der Waals surface area contributed by atoms with Gasteiger partial charge in [-0.15, -0.1) is 10.2 Å². The number of hydrogen-bond acceptors (Lipinski definition) is 5. The highest BCUT2D eigenvalue weighted by molar-refractivity contribution is 5.85. The summed E-state index contributed by atoms with van der Waals surface area (Å²) in [5, 5.41) is 7.73. The zero-order chi connectivity index (χ0) is 31.4. The van der Waals surface area contributed by atoms with Crippen LogP contribution in [-0.2, 0) is 21.9 Å². The lowest BCUT2D eigenvalue weighted by Crippen LogP contribution is -2.46. The molecule has 236 valence electrons. The minimum atomic E-state index is -4.99. The number of rotatable bonds is 6. The van der Waals surface area contributed by atoms with Crippen molar-refractivity contribution in [3.63, 3.8) is 0 Å². The number of fused-ring (bicyclic) bond motifs is 1. The van der Waals surface area contributed by atoms with E-state index in [1.165, 1.54) is 19.1 Å². The van der Waals surface area contributed by atoms with Crippen molar-refractivity contribution in [1.29, 1.82) is 0 Å². The van der Waals surface area contributed by atoms with Gasteiger partial charge in [-0.25, -0.2) is 4.39 Å². The number of carbonyl (C=O) groups excluding carboxylic acids is 1. The minimum Gasteiger partial charge on any atom is -0.368 e. The highest BCUT2D eigenvalue weighted by atomic mass is 19.4. The van der Waals surface area contributed by atoms with Crippen molar-refractivity contribution in [2.45, 2.75) is 74.8 Å². The molecule has 0 N–H and O–H groups in total. The maximum Gasteiger partial charge on any atom is 0.416 e. The molecule has 4 heterocycles. The van der Waals surface area contributed by atoms with Crippen LogP contribution in [0.15, 0.2) is 55.1 Å². The van der Waals surface area contributed by atoms with E-state index in [4.69, 9.17) is 4.74 Å². The summed E-state index contributed by atoms with van der Waals surface area (Å²) in [6.45, 7) is 2.88. The molecule has 0 radical (unpaired) electrons. The molecule has 1 aromatic heterocycles. The van der Waals surface area contributed by atoms with E-state index in [0.717, 1.165) is 12.8 Å². The largest absolute Gasteiger partial charge is 0.416 e. The van der Waals surface area contributed by atoms with Gasteiger partial charge in [-0.2, -0.15) is 26.3 Å². The number of alkyl halides is 6. The number of benzene rings is 2. The van der Waals surface area contributed by atoms with E-state index in [-0.39, 0.29) is 42.2 Å². The third kappa shape index (κ3) is 5.93. The van der Waals surface area contributed by atoms with Gasteiger partial charge in [-0.3, -0.25) is 9.69 Å². The number of halogens is 7. The van der Waals surface area contributed by atoms with E-state index in [1.54, 1.807) is 29.7 Å². The van der Waals surface area contributed by atoms with Gasteiger partial charge >= 0.3 is 12.4 Å². The van der Waals surface area contributed by atoms with Crippen LogP contribution in [0.5, 0.6) is 0 Å². The van der Waals surface area contributed by atoms with E-state index in [0.29, 0.717) is 37.2 Å². The topological polar surface area (TPSA) is 63.5 Å². The van der Waals surface area contributed by atoms with Gasteiger partial charge in [-0.05, 0) is 67.6 Å². The molecule has 0 aliphatic carbocycles. The summed E-state index contributed by atoms with van der Waals surface area (Å²) in [7, 11) is 0. The van der Waals surface area contributed by atoms with Crippen LogP contribution in [0, 0.1) is 5.82 Å². The average Bonchev–Trinajstić information content (AvgIpc) is 3.70.